The Morgan fingerprint density at radius 3 is 2.46 bits per heavy atom. The van der Waals surface area contributed by atoms with Gasteiger partial charge in [0.15, 0.2) is 11.5 Å². The fraction of sp³-hybridized carbons (Fsp3) is 0.192. The molecule has 0 spiro atoms. The number of anilines is 1. The van der Waals surface area contributed by atoms with E-state index >= 15 is 0 Å². The lowest BCUT2D eigenvalue weighted by Crippen LogP contribution is -2.40. The van der Waals surface area contributed by atoms with Gasteiger partial charge in [0.1, 0.15) is 11.3 Å². The Hall–Kier alpha value is -4.53. The summed E-state index contributed by atoms with van der Waals surface area (Å²) in [6.07, 6.45) is 0. The van der Waals surface area contributed by atoms with Gasteiger partial charge in [-0.05, 0) is 66.6 Å². The molecule has 1 saturated heterocycles. The van der Waals surface area contributed by atoms with Crippen molar-refractivity contribution in [2.75, 3.05) is 19.2 Å². The van der Waals surface area contributed by atoms with E-state index < -0.39 is 11.6 Å². The van der Waals surface area contributed by atoms with Crippen molar-refractivity contribution in [3.8, 4) is 17.2 Å². The van der Waals surface area contributed by atoms with Gasteiger partial charge in [0, 0.05) is 11.3 Å². The monoisotopic (exact) mass is 473 g/mol. The topological polar surface area (TPSA) is 106 Å². The molecule has 1 atom stereocenters. The lowest BCUT2D eigenvalue weighted by Gasteiger charge is -2.22. The number of hydrogen-bond acceptors (Lipinski definition) is 6. The van der Waals surface area contributed by atoms with E-state index in [-0.39, 0.29) is 25.2 Å². The average Bonchev–Trinajstić information content (AvgIpc) is 3.43. The lowest BCUT2D eigenvalue weighted by molar-refractivity contribution is -0.131. The van der Waals surface area contributed by atoms with Crippen molar-refractivity contribution in [3.63, 3.8) is 0 Å². The van der Waals surface area contributed by atoms with Crippen LogP contribution in [0.15, 0.2) is 66.7 Å². The number of methoxy groups -OCH3 is 1. The van der Waals surface area contributed by atoms with Crippen LogP contribution in [-0.4, -0.2) is 36.6 Å². The second kappa shape index (κ2) is 8.68. The van der Waals surface area contributed by atoms with Crippen LogP contribution in [0, 0.1) is 0 Å². The Morgan fingerprint density at radius 1 is 1.03 bits per heavy atom. The molecule has 0 aromatic heterocycles. The maximum Gasteiger partial charge on any atom is 0.325 e. The number of carbonyl (C=O) groups is 3. The van der Waals surface area contributed by atoms with Gasteiger partial charge in [-0.3, -0.25) is 14.5 Å². The third-order valence-electron chi connectivity index (χ3n) is 6.13. The summed E-state index contributed by atoms with van der Waals surface area (Å²) < 4.78 is 15.9. The first-order chi connectivity index (χ1) is 16.9. The Morgan fingerprint density at radius 2 is 1.74 bits per heavy atom. The molecule has 2 aliphatic rings. The van der Waals surface area contributed by atoms with E-state index in [1.807, 2.05) is 0 Å². The summed E-state index contributed by atoms with van der Waals surface area (Å²) >= 11 is 0. The summed E-state index contributed by atoms with van der Waals surface area (Å²) in [7, 11) is 1.58. The van der Waals surface area contributed by atoms with Crippen LogP contribution < -0.4 is 24.8 Å². The average molecular weight is 473 g/mol. The molecule has 4 amide bonds. The number of rotatable bonds is 6. The SMILES string of the molecule is COc1ccc(NC(=O)c2ccc(CN3C(=O)NC(C)(c4ccc5c(c4)OCO5)C3=O)cc2)cc1. The lowest BCUT2D eigenvalue weighted by atomic mass is 9.91. The smallest absolute Gasteiger partial charge is 0.325 e. The zero-order valence-corrected chi connectivity index (χ0v) is 19.2. The minimum atomic E-state index is -1.23. The summed E-state index contributed by atoms with van der Waals surface area (Å²) in [6, 6.07) is 18.5. The van der Waals surface area contributed by atoms with Crippen molar-refractivity contribution in [1.82, 2.24) is 10.2 Å². The van der Waals surface area contributed by atoms with Gasteiger partial charge < -0.3 is 24.8 Å². The van der Waals surface area contributed by atoms with Crippen LogP contribution in [0.25, 0.3) is 0 Å². The molecular weight excluding hydrogens is 450 g/mol. The summed E-state index contributed by atoms with van der Waals surface area (Å²) in [5, 5.41) is 5.61. The minimum Gasteiger partial charge on any atom is -0.497 e. The molecule has 3 aromatic carbocycles. The third-order valence-corrected chi connectivity index (χ3v) is 6.13. The number of ether oxygens (including phenoxy) is 3. The predicted molar refractivity (Wildman–Crippen MR) is 126 cm³/mol. The predicted octanol–water partition coefficient (Wildman–Crippen LogP) is 3.64. The fourth-order valence-corrected chi connectivity index (χ4v) is 4.07. The quantitative estimate of drug-likeness (QED) is 0.530. The second-order valence-electron chi connectivity index (χ2n) is 8.39. The van der Waals surface area contributed by atoms with Crippen LogP contribution >= 0.6 is 0 Å². The molecule has 1 fully saturated rings. The van der Waals surface area contributed by atoms with Crippen molar-refractivity contribution in [3.05, 3.63) is 83.4 Å². The fourth-order valence-electron chi connectivity index (χ4n) is 4.07. The number of imide groups is 1. The van der Waals surface area contributed by atoms with Gasteiger partial charge in [-0.1, -0.05) is 18.2 Å². The van der Waals surface area contributed by atoms with Crippen LogP contribution in [0.2, 0.25) is 0 Å². The molecule has 9 heteroatoms. The third kappa shape index (κ3) is 4.12. The molecule has 2 aliphatic heterocycles. The molecule has 35 heavy (non-hydrogen) atoms. The van der Waals surface area contributed by atoms with Crippen molar-refractivity contribution >= 4 is 23.5 Å². The Kier molecular flexibility index (Phi) is 5.52. The summed E-state index contributed by atoms with van der Waals surface area (Å²) in [4.78, 5) is 39.7. The normalized spacial score (nSPS) is 18.4. The molecule has 178 valence electrons. The molecule has 2 N–H and O–H groups in total. The van der Waals surface area contributed by atoms with Gasteiger partial charge >= 0.3 is 6.03 Å². The van der Waals surface area contributed by atoms with Gasteiger partial charge in [0.2, 0.25) is 6.79 Å². The highest BCUT2D eigenvalue weighted by Crippen LogP contribution is 2.38. The summed E-state index contributed by atoms with van der Waals surface area (Å²) in [5.74, 6) is 1.19. The van der Waals surface area contributed by atoms with E-state index in [1.165, 1.54) is 0 Å². The Bertz CT molecular complexity index is 1310. The highest BCUT2D eigenvalue weighted by atomic mass is 16.7. The van der Waals surface area contributed by atoms with Crippen molar-refractivity contribution in [1.29, 1.82) is 0 Å². The minimum absolute atomic E-state index is 0.0746. The molecule has 0 radical (unpaired) electrons. The van der Waals surface area contributed by atoms with E-state index in [1.54, 1.807) is 80.8 Å². The van der Waals surface area contributed by atoms with Crippen LogP contribution in [0.1, 0.15) is 28.4 Å². The Balaban J connectivity index is 1.27. The highest BCUT2D eigenvalue weighted by molar-refractivity contribution is 6.07. The van der Waals surface area contributed by atoms with Crippen LogP contribution in [-0.2, 0) is 16.9 Å². The molecule has 2 heterocycles. The first-order valence-corrected chi connectivity index (χ1v) is 11.0. The largest absolute Gasteiger partial charge is 0.497 e. The molecule has 3 aromatic rings. The van der Waals surface area contributed by atoms with Crippen molar-refractivity contribution in [2.45, 2.75) is 19.0 Å². The number of nitrogens with one attached hydrogen (secondary N) is 2. The molecule has 9 nitrogen and oxygen atoms in total. The molecular formula is C26H23N3O6. The van der Waals surface area contributed by atoms with Gasteiger partial charge in [-0.15, -0.1) is 0 Å². The number of amides is 4. The second-order valence-corrected chi connectivity index (χ2v) is 8.39. The first kappa shape index (κ1) is 22.3. The zero-order valence-electron chi connectivity index (χ0n) is 19.2. The van der Waals surface area contributed by atoms with Crippen molar-refractivity contribution < 1.29 is 28.6 Å². The molecule has 1 unspecified atom stereocenters. The number of nitrogens with zero attached hydrogens (tertiary/aromatic N) is 1. The van der Waals surface area contributed by atoms with Gasteiger partial charge in [-0.2, -0.15) is 0 Å². The van der Waals surface area contributed by atoms with Crippen LogP contribution in [0.5, 0.6) is 17.2 Å². The van der Waals surface area contributed by atoms with Crippen molar-refractivity contribution in [2.24, 2.45) is 0 Å². The van der Waals surface area contributed by atoms with Crippen LogP contribution in [0.4, 0.5) is 10.5 Å². The Labute approximate surface area is 201 Å². The highest BCUT2D eigenvalue weighted by Gasteiger charge is 2.49. The first-order valence-electron chi connectivity index (χ1n) is 11.0. The number of fused-ring (bicyclic) bond motifs is 1. The van der Waals surface area contributed by atoms with Gasteiger partial charge in [0.05, 0.1) is 13.7 Å². The maximum absolute atomic E-state index is 13.3. The number of urea groups is 1. The molecule has 5 rings (SSSR count). The van der Waals surface area contributed by atoms with E-state index in [0.717, 1.165) is 4.90 Å². The van der Waals surface area contributed by atoms with Crippen LogP contribution in [0.3, 0.4) is 0 Å². The molecule has 0 aliphatic carbocycles. The standard InChI is InChI=1S/C26H23N3O6/c1-26(18-7-12-21-22(13-18)35-15-34-21)24(31)29(25(32)28-26)14-16-3-5-17(6-4-16)23(30)27-19-8-10-20(33-2)11-9-19/h3-13H,14-15H2,1-2H3,(H,27,30)(H,28,32). The maximum atomic E-state index is 13.3. The van der Waals surface area contributed by atoms with E-state index in [4.69, 9.17) is 14.2 Å². The molecule has 0 saturated carbocycles. The zero-order chi connectivity index (χ0) is 24.6. The van der Waals surface area contributed by atoms with Gasteiger partial charge in [-0.25, -0.2) is 4.79 Å². The number of carbonyl (C=O) groups excluding carboxylic acids is 3. The van der Waals surface area contributed by atoms with E-state index in [0.29, 0.717) is 39.6 Å². The number of hydrogen-bond donors (Lipinski definition) is 2. The van der Waals surface area contributed by atoms with E-state index in [9.17, 15) is 14.4 Å². The summed E-state index contributed by atoms with van der Waals surface area (Å²) in [5.41, 5.74) is 1.18. The van der Waals surface area contributed by atoms with E-state index in [2.05, 4.69) is 10.6 Å². The van der Waals surface area contributed by atoms with Gasteiger partial charge in [0.25, 0.3) is 11.8 Å². The summed E-state index contributed by atoms with van der Waals surface area (Å²) in [6.45, 7) is 1.86. The number of benzene rings is 3. The molecule has 0 bridgehead atoms.